The van der Waals surface area contributed by atoms with Crippen molar-refractivity contribution < 1.29 is 19.0 Å². The highest BCUT2D eigenvalue weighted by Gasteiger charge is 2.24. The number of rotatable bonds is 9. The van der Waals surface area contributed by atoms with Gasteiger partial charge in [0, 0.05) is 0 Å². The van der Waals surface area contributed by atoms with Crippen LogP contribution in [-0.2, 0) is 18.0 Å². The number of hydrogen-bond acceptors (Lipinski definition) is 6. The topological polar surface area (TPSA) is 69.2 Å². The van der Waals surface area contributed by atoms with Crippen molar-refractivity contribution in [3.8, 4) is 17.2 Å². The van der Waals surface area contributed by atoms with Crippen LogP contribution in [0.15, 0.2) is 110 Å². The highest BCUT2D eigenvalue weighted by atomic mass is 79.9. The number of carbonyl (C=O) groups is 1. The number of thioether (sulfide) groups is 1. The molecule has 1 aliphatic heterocycles. The van der Waals surface area contributed by atoms with Gasteiger partial charge in [-0.15, -0.1) is 0 Å². The predicted molar refractivity (Wildman–Crippen MR) is 167 cm³/mol. The SMILES string of the molecule is COc1cc(COc2c(Br)cc(/C=C3/SC(=Nc4ccccc4)NC3=O)cc2Br)ccc1OCc1ccccc1. The van der Waals surface area contributed by atoms with Gasteiger partial charge in [-0.25, -0.2) is 4.99 Å². The van der Waals surface area contributed by atoms with E-state index < -0.39 is 0 Å². The molecule has 5 rings (SSSR count). The average Bonchev–Trinajstić information content (AvgIpc) is 3.30. The predicted octanol–water partition coefficient (Wildman–Crippen LogP) is 8.27. The second kappa shape index (κ2) is 13.2. The van der Waals surface area contributed by atoms with E-state index in [-0.39, 0.29) is 5.91 Å². The second-order valence-corrected chi connectivity index (χ2v) is 11.4. The van der Waals surface area contributed by atoms with Gasteiger partial charge >= 0.3 is 0 Å². The lowest BCUT2D eigenvalue weighted by atomic mass is 10.2. The molecular weight excluding hydrogens is 656 g/mol. The van der Waals surface area contributed by atoms with Gasteiger partial charge in [-0.3, -0.25) is 4.79 Å². The minimum absolute atomic E-state index is 0.183. The van der Waals surface area contributed by atoms with Gasteiger partial charge in [-0.2, -0.15) is 0 Å². The summed E-state index contributed by atoms with van der Waals surface area (Å²) in [7, 11) is 1.62. The Morgan fingerprint density at radius 3 is 2.20 bits per heavy atom. The first-order chi connectivity index (χ1) is 19.5. The van der Waals surface area contributed by atoms with Gasteiger partial charge in [-0.1, -0.05) is 54.6 Å². The molecule has 0 atom stereocenters. The molecule has 9 heteroatoms. The fourth-order valence-electron chi connectivity index (χ4n) is 3.86. The fourth-order valence-corrected chi connectivity index (χ4v) is 6.16. The molecule has 40 heavy (non-hydrogen) atoms. The van der Waals surface area contributed by atoms with Crippen LogP contribution >= 0.6 is 43.6 Å². The maximum Gasteiger partial charge on any atom is 0.264 e. The van der Waals surface area contributed by atoms with Crippen LogP contribution in [0, 0.1) is 0 Å². The Morgan fingerprint density at radius 1 is 0.825 bits per heavy atom. The van der Waals surface area contributed by atoms with Gasteiger partial charge in [0.2, 0.25) is 0 Å². The molecule has 0 radical (unpaired) electrons. The summed E-state index contributed by atoms with van der Waals surface area (Å²) in [5.41, 5.74) is 3.63. The van der Waals surface area contributed by atoms with Gasteiger partial charge in [0.1, 0.15) is 19.0 Å². The van der Waals surface area contributed by atoms with Gasteiger partial charge in [0.05, 0.1) is 26.6 Å². The highest BCUT2D eigenvalue weighted by molar-refractivity contribution is 9.11. The van der Waals surface area contributed by atoms with E-state index in [1.54, 1.807) is 7.11 Å². The third-order valence-electron chi connectivity index (χ3n) is 5.80. The quantitative estimate of drug-likeness (QED) is 0.180. The average molecular weight is 680 g/mol. The molecule has 0 bridgehead atoms. The molecule has 6 nitrogen and oxygen atoms in total. The fraction of sp³-hybridized carbons (Fsp3) is 0.0968. The van der Waals surface area contributed by atoms with Crippen LogP contribution in [0.1, 0.15) is 16.7 Å². The zero-order valence-electron chi connectivity index (χ0n) is 21.4. The zero-order valence-corrected chi connectivity index (χ0v) is 25.4. The Bertz CT molecular complexity index is 1550. The summed E-state index contributed by atoms with van der Waals surface area (Å²) in [4.78, 5) is 17.6. The van der Waals surface area contributed by atoms with E-state index in [9.17, 15) is 4.79 Å². The summed E-state index contributed by atoms with van der Waals surface area (Å²) in [6.07, 6.45) is 1.83. The number of para-hydroxylation sites is 1. The number of aliphatic imine (C=N–C) groups is 1. The molecule has 0 aliphatic carbocycles. The zero-order chi connectivity index (χ0) is 27.9. The number of nitrogens with zero attached hydrogens (tertiary/aromatic N) is 1. The van der Waals surface area contributed by atoms with Crippen molar-refractivity contribution in [3.05, 3.63) is 122 Å². The number of benzene rings is 4. The van der Waals surface area contributed by atoms with Gasteiger partial charge in [0.25, 0.3) is 5.91 Å². The number of carbonyl (C=O) groups excluding carboxylic acids is 1. The minimum Gasteiger partial charge on any atom is -0.493 e. The molecule has 0 unspecified atom stereocenters. The van der Waals surface area contributed by atoms with Crippen LogP contribution in [0.4, 0.5) is 5.69 Å². The number of halogens is 2. The largest absolute Gasteiger partial charge is 0.493 e. The number of amidine groups is 1. The Hall–Kier alpha value is -3.53. The Kier molecular flexibility index (Phi) is 9.26. The van der Waals surface area contributed by atoms with Crippen molar-refractivity contribution in [1.29, 1.82) is 0 Å². The van der Waals surface area contributed by atoms with Crippen molar-refractivity contribution >= 4 is 66.5 Å². The molecule has 4 aromatic rings. The molecule has 4 aromatic carbocycles. The molecule has 1 saturated heterocycles. The van der Waals surface area contributed by atoms with Crippen LogP contribution in [0.5, 0.6) is 17.2 Å². The van der Waals surface area contributed by atoms with Crippen molar-refractivity contribution in [3.63, 3.8) is 0 Å². The Balaban J connectivity index is 1.25. The first-order valence-corrected chi connectivity index (χ1v) is 14.7. The van der Waals surface area contributed by atoms with Crippen molar-refractivity contribution in [2.45, 2.75) is 13.2 Å². The monoisotopic (exact) mass is 678 g/mol. The van der Waals surface area contributed by atoms with Crippen molar-refractivity contribution in [2.24, 2.45) is 4.99 Å². The molecule has 0 spiro atoms. The van der Waals surface area contributed by atoms with E-state index in [2.05, 4.69) is 42.2 Å². The first-order valence-electron chi connectivity index (χ1n) is 12.3. The number of ether oxygens (including phenoxy) is 3. The molecule has 1 N–H and O–H groups in total. The second-order valence-electron chi connectivity index (χ2n) is 8.68. The number of amides is 1. The van der Waals surface area contributed by atoms with Gasteiger partial charge in [0.15, 0.2) is 16.7 Å². The highest BCUT2D eigenvalue weighted by Crippen LogP contribution is 2.38. The standard InChI is InChI=1S/C31H24Br2N2O4S/c1-37-27-16-21(12-13-26(27)38-18-20-8-4-2-5-9-20)19-39-29-24(32)14-22(15-25(29)33)17-28-30(36)35-31(40-28)34-23-10-6-3-7-11-23/h2-17H,18-19H2,1H3,(H,34,35,36)/b28-17+. The summed E-state index contributed by atoms with van der Waals surface area (Å²) < 4.78 is 19.2. The lowest BCUT2D eigenvalue weighted by Gasteiger charge is -2.14. The molecule has 0 aromatic heterocycles. The molecule has 1 amide bonds. The van der Waals surface area contributed by atoms with Crippen LogP contribution in [0.25, 0.3) is 6.08 Å². The molecular formula is C31H24Br2N2O4S. The number of methoxy groups -OCH3 is 1. The van der Waals surface area contributed by atoms with E-state index in [4.69, 9.17) is 14.2 Å². The smallest absolute Gasteiger partial charge is 0.264 e. The Labute approximate surface area is 253 Å². The number of hydrogen-bond donors (Lipinski definition) is 1. The molecule has 0 saturated carbocycles. The maximum absolute atomic E-state index is 12.5. The summed E-state index contributed by atoms with van der Waals surface area (Å²) in [6.45, 7) is 0.779. The van der Waals surface area contributed by atoms with E-state index in [0.717, 1.165) is 31.3 Å². The maximum atomic E-state index is 12.5. The summed E-state index contributed by atoms with van der Waals surface area (Å²) >= 11 is 8.53. The lowest BCUT2D eigenvalue weighted by Crippen LogP contribution is -2.19. The van der Waals surface area contributed by atoms with E-state index in [0.29, 0.717) is 40.5 Å². The van der Waals surface area contributed by atoms with Crippen LogP contribution in [0.3, 0.4) is 0 Å². The summed E-state index contributed by atoms with van der Waals surface area (Å²) in [6, 6.07) is 29.1. The molecule has 202 valence electrons. The molecule has 1 heterocycles. The summed E-state index contributed by atoms with van der Waals surface area (Å²) in [5, 5.41) is 3.37. The molecule has 1 aliphatic rings. The first kappa shape index (κ1) is 28.0. The van der Waals surface area contributed by atoms with Crippen molar-refractivity contribution in [2.75, 3.05) is 7.11 Å². The van der Waals surface area contributed by atoms with Crippen LogP contribution < -0.4 is 19.5 Å². The van der Waals surface area contributed by atoms with E-state index in [1.165, 1.54) is 11.8 Å². The third kappa shape index (κ3) is 7.15. The summed E-state index contributed by atoms with van der Waals surface area (Å²) in [5.74, 6) is 1.78. The normalized spacial score (nSPS) is 14.8. The van der Waals surface area contributed by atoms with Gasteiger partial charge < -0.3 is 19.5 Å². The third-order valence-corrected chi connectivity index (χ3v) is 7.89. The molecule has 1 fully saturated rings. The van der Waals surface area contributed by atoms with E-state index in [1.807, 2.05) is 97.1 Å². The van der Waals surface area contributed by atoms with Gasteiger partial charge in [-0.05, 0) is 103 Å². The van der Waals surface area contributed by atoms with Crippen LogP contribution in [-0.4, -0.2) is 18.2 Å². The Morgan fingerprint density at radius 2 is 1.50 bits per heavy atom. The van der Waals surface area contributed by atoms with Crippen molar-refractivity contribution in [1.82, 2.24) is 5.32 Å². The lowest BCUT2D eigenvalue weighted by molar-refractivity contribution is -0.115. The van der Waals surface area contributed by atoms with Crippen LogP contribution in [0.2, 0.25) is 0 Å². The van der Waals surface area contributed by atoms with E-state index >= 15 is 0 Å². The number of nitrogens with one attached hydrogen (secondary N) is 1. The minimum atomic E-state index is -0.183.